The lowest BCUT2D eigenvalue weighted by molar-refractivity contribution is 0.0702. The van der Waals surface area contributed by atoms with Crippen LogP contribution < -0.4 is 15.5 Å². The van der Waals surface area contributed by atoms with Gasteiger partial charge in [0.15, 0.2) is 5.82 Å². The Labute approximate surface area is 124 Å². The number of urea groups is 1. The third-order valence-electron chi connectivity index (χ3n) is 3.11. The van der Waals surface area contributed by atoms with E-state index >= 15 is 0 Å². The van der Waals surface area contributed by atoms with Gasteiger partial charge in [-0.2, -0.15) is 5.10 Å². The Balaban J connectivity index is 1.85. The molecular weight excluding hydrogens is 294 g/mol. The molecule has 110 valence electrons. The molecule has 0 radical (unpaired) electrons. The highest BCUT2D eigenvalue weighted by molar-refractivity contribution is 7.17. The Morgan fingerprint density at radius 3 is 2.86 bits per heavy atom. The van der Waals surface area contributed by atoms with Crippen LogP contribution in [0.2, 0.25) is 0 Å². The van der Waals surface area contributed by atoms with Gasteiger partial charge < -0.3 is 15.3 Å². The minimum Gasteiger partial charge on any atom is -0.477 e. The molecule has 21 heavy (non-hydrogen) atoms. The van der Waals surface area contributed by atoms with E-state index in [2.05, 4.69) is 15.7 Å². The maximum atomic E-state index is 11.3. The van der Waals surface area contributed by atoms with E-state index in [0.29, 0.717) is 17.2 Å². The number of carboxylic acids is 1. The fraction of sp³-hybridized carbons (Fsp3) is 0.250. The molecule has 0 unspecified atom stereocenters. The number of nitrogens with zero attached hydrogens (tertiary/aromatic N) is 3. The lowest BCUT2D eigenvalue weighted by atomic mass is 10.4. The molecule has 1 aliphatic heterocycles. The summed E-state index contributed by atoms with van der Waals surface area (Å²) in [5, 5.41) is 19.2. The van der Waals surface area contributed by atoms with E-state index in [0.717, 1.165) is 17.4 Å². The highest BCUT2D eigenvalue weighted by atomic mass is 32.1. The van der Waals surface area contributed by atoms with Crippen LogP contribution in [0, 0.1) is 0 Å². The zero-order chi connectivity index (χ0) is 15.0. The van der Waals surface area contributed by atoms with Gasteiger partial charge in [0, 0.05) is 19.7 Å². The number of carboxylic acid groups (broad SMARTS) is 1. The van der Waals surface area contributed by atoms with Gasteiger partial charge in [0.25, 0.3) is 0 Å². The molecule has 8 nitrogen and oxygen atoms in total. The van der Waals surface area contributed by atoms with Gasteiger partial charge in [-0.15, -0.1) is 11.3 Å². The molecule has 3 N–H and O–H groups in total. The molecule has 2 aromatic rings. The number of amides is 2. The second-order valence-corrected chi connectivity index (χ2v) is 5.47. The SMILES string of the molecule is CNC(=O)Nc1cc2n(n1)CCN2c1ccc(C(=O)O)s1. The number of carbonyl (C=O) groups excluding carboxylic acids is 1. The number of fused-ring (bicyclic) bond motifs is 1. The van der Waals surface area contributed by atoms with Crippen LogP contribution in [-0.4, -0.2) is 40.5 Å². The minimum absolute atomic E-state index is 0.298. The Kier molecular flexibility index (Phi) is 3.26. The molecule has 0 aliphatic carbocycles. The lowest BCUT2D eigenvalue weighted by Gasteiger charge is -2.13. The summed E-state index contributed by atoms with van der Waals surface area (Å²) in [6.07, 6.45) is 0. The maximum absolute atomic E-state index is 11.3. The van der Waals surface area contributed by atoms with Gasteiger partial charge in [-0.05, 0) is 12.1 Å². The van der Waals surface area contributed by atoms with Crippen molar-refractivity contribution in [3.05, 3.63) is 23.1 Å². The van der Waals surface area contributed by atoms with Gasteiger partial charge >= 0.3 is 12.0 Å². The highest BCUT2D eigenvalue weighted by Gasteiger charge is 2.25. The predicted molar refractivity (Wildman–Crippen MR) is 78.6 cm³/mol. The minimum atomic E-state index is -0.930. The maximum Gasteiger partial charge on any atom is 0.345 e. The van der Waals surface area contributed by atoms with Crippen molar-refractivity contribution in [3.8, 4) is 0 Å². The van der Waals surface area contributed by atoms with Gasteiger partial charge in [-0.25, -0.2) is 14.3 Å². The number of thiophene rings is 1. The topological polar surface area (TPSA) is 99.5 Å². The van der Waals surface area contributed by atoms with Gasteiger partial charge in [0.1, 0.15) is 10.7 Å². The van der Waals surface area contributed by atoms with Crippen LogP contribution in [0.1, 0.15) is 9.67 Å². The van der Waals surface area contributed by atoms with Crippen LogP contribution in [0.4, 0.5) is 21.4 Å². The summed E-state index contributed by atoms with van der Waals surface area (Å²) in [6, 6.07) is 4.80. The standard InChI is InChI=1S/C12H13N5O3S/c1-13-12(20)14-8-6-9-16(4-5-17(9)15-8)10-3-2-7(21-10)11(18)19/h2-3,6H,4-5H2,1H3,(H,18,19)(H2,13,14,15,20). The van der Waals surface area contributed by atoms with E-state index < -0.39 is 5.97 Å². The number of hydrogen-bond donors (Lipinski definition) is 3. The monoisotopic (exact) mass is 307 g/mol. The van der Waals surface area contributed by atoms with E-state index in [9.17, 15) is 9.59 Å². The summed E-state index contributed by atoms with van der Waals surface area (Å²) in [6.45, 7) is 1.41. The molecule has 2 amide bonds. The third kappa shape index (κ3) is 2.42. The van der Waals surface area contributed by atoms with Gasteiger partial charge in [0.05, 0.1) is 11.5 Å². The Morgan fingerprint density at radius 1 is 1.38 bits per heavy atom. The summed E-state index contributed by atoms with van der Waals surface area (Å²) in [5.41, 5.74) is 0. The zero-order valence-electron chi connectivity index (χ0n) is 11.2. The summed E-state index contributed by atoms with van der Waals surface area (Å²) in [7, 11) is 1.53. The molecule has 3 rings (SSSR count). The third-order valence-corrected chi connectivity index (χ3v) is 4.20. The largest absolute Gasteiger partial charge is 0.477 e. The molecule has 1 aliphatic rings. The number of carbonyl (C=O) groups is 2. The average molecular weight is 307 g/mol. The fourth-order valence-electron chi connectivity index (χ4n) is 2.15. The molecule has 0 saturated heterocycles. The summed E-state index contributed by atoms with van der Waals surface area (Å²) >= 11 is 1.22. The van der Waals surface area contributed by atoms with Crippen LogP contribution >= 0.6 is 11.3 Å². The molecule has 3 heterocycles. The van der Waals surface area contributed by atoms with E-state index in [1.807, 2.05) is 4.90 Å². The predicted octanol–water partition coefficient (Wildman–Crippen LogP) is 1.55. The van der Waals surface area contributed by atoms with Gasteiger partial charge in [-0.3, -0.25) is 5.32 Å². The van der Waals surface area contributed by atoms with Crippen LogP contribution in [-0.2, 0) is 6.54 Å². The smallest absolute Gasteiger partial charge is 0.345 e. The zero-order valence-corrected chi connectivity index (χ0v) is 12.0. The fourth-order valence-corrected chi connectivity index (χ4v) is 3.03. The van der Waals surface area contributed by atoms with Crippen molar-refractivity contribution in [1.29, 1.82) is 0 Å². The Morgan fingerprint density at radius 2 is 2.19 bits per heavy atom. The second-order valence-electron chi connectivity index (χ2n) is 4.41. The number of nitrogens with one attached hydrogen (secondary N) is 2. The lowest BCUT2D eigenvalue weighted by Crippen LogP contribution is -2.24. The van der Waals surface area contributed by atoms with E-state index in [1.54, 1.807) is 22.9 Å². The first-order valence-electron chi connectivity index (χ1n) is 6.26. The Bertz CT molecular complexity index is 708. The van der Waals surface area contributed by atoms with Crippen molar-refractivity contribution in [3.63, 3.8) is 0 Å². The number of anilines is 3. The molecule has 0 spiro atoms. The van der Waals surface area contributed by atoms with Crippen molar-refractivity contribution < 1.29 is 14.7 Å². The first-order chi connectivity index (χ1) is 10.1. The number of aromatic carboxylic acids is 1. The summed E-state index contributed by atoms with van der Waals surface area (Å²) in [4.78, 5) is 24.5. The van der Waals surface area contributed by atoms with E-state index in [4.69, 9.17) is 5.11 Å². The number of hydrogen-bond acceptors (Lipinski definition) is 5. The second kappa shape index (κ2) is 5.09. The first-order valence-corrected chi connectivity index (χ1v) is 7.07. The van der Waals surface area contributed by atoms with Crippen molar-refractivity contribution in [1.82, 2.24) is 15.1 Å². The molecule has 0 bridgehead atoms. The molecule has 0 saturated carbocycles. The molecular formula is C12H13N5O3S. The van der Waals surface area contributed by atoms with Crippen molar-refractivity contribution in [2.24, 2.45) is 0 Å². The van der Waals surface area contributed by atoms with E-state index in [1.165, 1.54) is 18.4 Å². The molecule has 2 aromatic heterocycles. The average Bonchev–Trinajstić information content (AvgIpc) is 3.12. The quantitative estimate of drug-likeness (QED) is 0.799. The van der Waals surface area contributed by atoms with Crippen LogP contribution in [0.15, 0.2) is 18.2 Å². The first kappa shape index (κ1) is 13.4. The highest BCUT2D eigenvalue weighted by Crippen LogP contribution is 2.36. The van der Waals surface area contributed by atoms with Crippen LogP contribution in [0.25, 0.3) is 0 Å². The summed E-state index contributed by atoms with van der Waals surface area (Å²) < 4.78 is 1.78. The molecule has 0 fully saturated rings. The van der Waals surface area contributed by atoms with Gasteiger partial charge in [-0.1, -0.05) is 0 Å². The normalized spacial score (nSPS) is 13.1. The van der Waals surface area contributed by atoms with Crippen LogP contribution in [0.5, 0.6) is 0 Å². The number of aromatic nitrogens is 2. The molecule has 9 heteroatoms. The molecule has 0 aromatic carbocycles. The molecule has 0 atom stereocenters. The number of rotatable bonds is 3. The van der Waals surface area contributed by atoms with Crippen molar-refractivity contribution in [2.45, 2.75) is 6.54 Å². The Hall–Kier alpha value is -2.55. The summed E-state index contributed by atoms with van der Waals surface area (Å²) in [5.74, 6) is 0.366. The van der Waals surface area contributed by atoms with Crippen molar-refractivity contribution >= 4 is 40.0 Å². The van der Waals surface area contributed by atoms with Crippen LogP contribution in [0.3, 0.4) is 0 Å². The van der Waals surface area contributed by atoms with E-state index in [-0.39, 0.29) is 6.03 Å². The van der Waals surface area contributed by atoms with Crippen molar-refractivity contribution in [2.75, 3.05) is 23.8 Å². The van der Waals surface area contributed by atoms with Gasteiger partial charge in [0.2, 0.25) is 0 Å².